The summed E-state index contributed by atoms with van der Waals surface area (Å²) in [4.78, 5) is 109. The molecule has 1 aliphatic heterocycles. The molecule has 0 fully saturated rings. The quantitative estimate of drug-likeness (QED) is 0.0186. The Morgan fingerprint density at radius 2 is 0.901 bits per heavy atom. The van der Waals surface area contributed by atoms with Gasteiger partial charge >= 0.3 is 0 Å². The number of amides is 9. The zero-order chi connectivity index (χ0) is 51.6. The maximum atomic E-state index is 12.9. The summed E-state index contributed by atoms with van der Waals surface area (Å²) < 4.78 is 48.6. The van der Waals surface area contributed by atoms with Gasteiger partial charge in [-0.1, -0.05) is 30.3 Å². The molecule has 398 valence electrons. The van der Waals surface area contributed by atoms with E-state index in [0.717, 1.165) is 10.5 Å². The Labute approximate surface area is 412 Å². The van der Waals surface area contributed by atoms with E-state index in [1.165, 1.54) is 12.2 Å². The summed E-state index contributed by atoms with van der Waals surface area (Å²) in [6.07, 6.45) is 2.47. The first-order valence-electron chi connectivity index (χ1n) is 23.1. The van der Waals surface area contributed by atoms with Gasteiger partial charge in [-0.3, -0.25) is 48.1 Å². The van der Waals surface area contributed by atoms with E-state index >= 15 is 0 Å². The van der Waals surface area contributed by atoms with Crippen LogP contribution in [0.1, 0.15) is 24.8 Å². The maximum Gasteiger partial charge on any atom is 0.253 e. The van der Waals surface area contributed by atoms with Crippen LogP contribution >= 0.6 is 0 Å². The van der Waals surface area contributed by atoms with Crippen molar-refractivity contribution in [2.24, 2.45) is 5.73 Å². The van der Waals surface area contributed by atoms with Crippen LogP contribution in [0.4, 0.5) is 0 Å². The van der Waals surface area contributed by atoms with Crippen molar-refractivity contribution in [1.29, 1.82) is 0 Å². The standard InChI is InChI=1S/C45H70N8O18/c46-37(54)9-13-71-34-51-41(58)32-50-45(62)36(30-35-4-2-1-3-5-35)52-42(59)33-49-40(57)31-48-39(56)10-14-63-16-18-65-20-22-67-24-26-69-28-29-70-27-25-68-23-21-66-19-17-64-15-11-47-38(55)8-12-53-43(60)6-7-44(53)61/h1-7,36H,8-34H2,(H2,46,54)(H,47,55)(H,48,56)(H,49,57)(H,50,62)(H,51,58)(H,52,59)/t36-/m0/s1. The van der Waals surface area contributed by atoms with E-state index in [-0.39, 0.29) is 77.8 Å². The van der Waals surface area contributed by atoms with Crippen molar-refractivity contribution < 1.29 is 85.8 Å². The number of ether oxygens (including phenoxy) is 9. The van der Waals surface area contributed by atoms with Crippen molar-refractivity contribution in [3.05, 3.63) is 48.0 Å². The molecular weight excluding hydrogens is 941 g/mol. The number of nitrogens with zero attached hydrogens (tertiary/aromatic N) is 1. The number of hydrogen-bond acceptors (Lipinski definition) is 18. The predicted molar refractivity (Wildman–Crippen MR) is 249 cm³/mol. The molecule has 0 radical (unpaired) electrons. The molecule has 26 heteroatoms. The van der Waals surface area contributed by atoms with Crippen LogP contribution in [0.25, 0.3) is 0 Å². The number of nitrogens with one attached hydrogen (secondary N) is 6. The van der Waals surface area contributed by atoms with E-state index in [4.69, 9.17) is 48.4 Å². The number of benzene rings is 1. The van der Waals surface area contributed by atoms with Gasteiger partial charge in [0.05, 0.1) is 132 Å². The fourth-order valence-corrected chi connectivity index (χ4v) is 5.56. The minimum absolute atomic E-state index is 0.00784. The molecule has 71 heavy (non-hydrogen) atoms. The minimum Gasteiger partial charge on any atom is -0.379 e. The van der Waals surface area contributed by atoms with Crippen molar-refractivity contribution in [2.75, 3.05) is 152 Å². The molecule has 1 aromatic rings. The minimum atomic E-state index is -1.08. The summed E-state index contributed by atoms with van der Waals surface area (Å²) in [5.41, 5.74) is 5.76. The number of primary amides is 1. The fraction of sp³-hybridized carbons (Fsp3) is 0.622. The second-order valence-corrected chi connectivity index (χ2v) is 14.9. The van der Waals surface area contributed by atoms with Crippen molar-refractivity contribution in [2.45, 2.75) is 31.7 Å². The monoisotopic (exact) mass is 1010 g/mol. The van der Waals surface area contributed by atoms with Crippen LogP contribution in [0.15, 0.2) is 42.5 Å². The first-order chi connectivity index (χ1) is 34.4. The van der Waals surface area contributed by atoms with E-state index in [1.807, 2.05) is 0 Å². The van der Waals surface area contributed by atoms with Crippen molar-refractivity contribution >= 4 is 53.2 Å². The van der Waals surface area contributed by atoms with Crippen LogP contribution in [0.3, 0.4) is 0 Å². The van der Waals surface area contributed by atoms with E-state index in [0.29, 0.717) is 92.4 Å². The molecule has 0 aliphatic carbocycles. The van der Waals surface area contributed by atoms with Gasteiger partial charge in [-0.25, -0.2) is 0 Å². The Balaban J connectivity index is 1.33. The zero-order valence-electron chi connectivity index (χ0n) is 40.1. The molecule has 0 unspecified atom stereocenters. The average molecular weight is 1010 g/mol. The van der Waals surface area contributed by atoms with Crippen molar-refractivity contribution in [1.82, 2.24) is 36.8 Å². The van der Waals surface area contributed by atoms with Gasteiger partial charge in [-0.05, 0) is 5.56 Å². The Morgan fingerprint density at radius 3 is 1.44 bits per heavy atom. The largest absolute Gasteiger partial charge is 0.379 e. The number of rotatable bonds is 45. The molecule has 9 amide bonds. The molecule has 2 rings (SSSR count). The zero-order valence-corrected chi connectivity index (χ0v) is 40.1. The summed E-state index contributed by atoms with van der Waals surface area (Å²) >= 11 is 0. The highest BCUT2D eigenvalue weighted by atomic mass is 16.6. The summed E-state index contributed by atoms with van der Waals surface area (Å²) in [5.74, 6) is -4.61. The molecule has 1 aliphatic rings. The topological polar surface area (TPSA) is 338 Å². The van der Waals surface area contributed by atoms with E-state index in [9.17, 15) is 43.2 Å². The van der Waals surface area contributed by atoms with Gasteiger partial charge in [0, 0.05) is 50.9 Å². The van der Waals surface area contributed by atoms with E-state index in [2.05, 4.69) is 31.9 Å². The summed E-state index contributed by atoms with van der Waals surface area (Å²) in [6.45, 7) is 4.46. The highest BCUT2D eigenvalue weighted by molar-refractivity contribution is 6.13. The predicted octanol–water partition coefficient (Wildman–Crippen LogP) is -4.02. The molecule has 1 aromatic carbocycles. The summed E-state index contributed by atoms with van der Waals surface area (Å²) in [5, 5.41) is 14.9. The van der Waals surface area contributed by atoms with Crippen molar-refractivity contribution in [3.63, 3.8) is 0 Å². The lowest BCUT2D eigenvalue weighted by atomic mass is 10.1. The number of carbonyl (C=O) groups excluding carboxylic acids is 9. The molecule has 1 heterocycles. The third-order valence-electron chi connectivity index (χ3n) is 9.22. The van der Waals surface area contributed by atoms with Crippen LogP contribution in [0, 0.1) is 0 Å². The van der Waals surface area contributed by atoms with Crippen LogP contribution in [0.2, 0.25) is 0 Å². The molecule has 1 atom stereocenters. The van der Waals surface area contributed by atoms with Crippen LogP contribution in [-0.4, -0.2) is 216 Å². The molecule has 0 saturated heterocycles. The highest BCUT2D eigenvalue weighted by Crippen LogP contribution is 2.05. The number of carbonyl (C=O) groups is 9. The van der Waals surface area contributed by atoms with Gasteiger partial charge in [-0.15, -0.1) is 0 Å². The van der Waals surface area contributed by atoms with Gasteiger partial charge in [0.25, 0.3) is 11.8 Å². The number of nitrogens with two attached hydrogens (primary N) is 1. The Bertz CT molecular complexity index is 1760. The van der Waals surface area contributed by atoms with Crippen LogP contribution in [0.5, 0.6) is 0 Å². The van der Waals surface area contributed by atoms with Gasteiger partial charge in [0.15, 0.2) is 0 Å². The number of imide groups is 1. The highest BCUT2D eigenvalue weighted by Gasteiger charge is 2.24. The van der Waals surface area contributed by atoms with Crippen LogP contribution < -0.4 is 37.6 Å². The van der Waals surface area contributed by atoms with Gasteiger partial charge in [0.1, 0.15) is 12.8 Å². The second kappa shape index (κ2) is 40.7. The molecule has 26 nitrogen and oxygen atoms in total. The third kappa shape index (κ3) is 34.1. The molecule has 0 bridgehead atoms. The molecule has 0 spiro atoms. The molecule has 8 N–H and O–H groups in total. The third-order valence-corrected chi connectivity index (χ3v) is 9.22. The lowest BCUT2D eigenvalue weighted by Crippen LogP contribution is -2.52. The molecule has 0 aromatic heterocycles. The first-order valence-corrected chi connectivity index (χ1v) is 23.1. The van der Waals surface area contributed by atoms with E-state index in [1.54, 1.807) is 30.3 Å². The first kappa shape index (κ1) is 61.2. The van der Waals surface area contributed by atoms with Gasteiger partial charge < -0.3 is 80.3 Å². The fourth-order valence-electron chi connectivity index (χ4n) is 5.56. The number of hydrogen-bond donors (Lipinski definition) is 7. The van der Waals surface area contributed by atoms with Crippen LogP contribution in [-0.2, 0) is 92.2 Å². The van der Waals surface area contributed by atoms with Crippen molar-refractivity contribution in [3.8, 4) is 0 Å². The summed E-state index contributed by atoms with van der Waals surface area (Å²) in [7, 11) is 0. The molecular formula is C45H70N8O18. The smallest absolute Gasteiger partial charge is 0.253 e. The van der Waals surface area contributed by atoms with E-state index < -0.39 is 66.4 Å². The lowest BCUT2D eigenvalue weighted by Gasteiger charge is -2.19. The molecule has 0 saturated carbocycles. The Hall–Kier alpha value is -5.97. The maximum absolute atomic E-state index is 12.9. The lowest BCUT2D eigenvalue weighted by molar-refractivity contribution is -0.137. The Morgan fingerprint density at radius 1 is 0.465 bits per heavy atom. The second-order valence-electron chi connectivity index (χ2n) is 14.9. The SMILES string of the molecule is NC(=O)CCOCNC(=O)CNC(=O)[C@H](Cc1ccccc1)NC(=O)CNC(=O)CNC(=O)CCOCCOCCOCCOCCOCCOCCOCCOCCNC(=O)CCN1C(=O)C=CC1=O. The van der Waals surface area contributed by atoms with Gasteiger partial charge in [0.2, 0.25) is 41.4 Å². The summed E-state index contributed by atoms with van der Waals surface area (Å²) in [6, 6.07) is 7.78. The normalized spacial score (nSPS) is 12.4. The average Bonchev–Trinajstić information content (AvgIpc) is 3.68. The van der Waals surface area contributed by atoms with Gasteiger partial charge in [-0.2, -0.15) is 0 Å². The Kier molecular flexibility index (Phi) is 35.1.